The summed E-state index contributed by atoms with van der Waals surface area (Å²) in [4.78, 5) is 36.8. The van der Waals surface area contributed by atoms with Gasteiger partial charge in [-0.2, -0.15) is 0 Å². The lowest BCUT2D eigenvalue weighted by atomic mass is 10.1. The van der Waals surface area contributed by atoms with Crippen LogP contribution in [0.3, 0.4) is 0 Å². The van der Waals surface area contributed by atoms with Crippen molar-refractivity contribution in [3.63, 3.8) is 0 Å². The second-order valence-electron chi connectivity index (χ2n) is 8.21. The molecule has 0 bridgehead atoms. The lowest BCUT2D eigenvalue weighted by Gasteiger charge is -2.08. The minimum atomic E-state index is -0.473. The summed E-state index contributed by atoms with van der Waals surface area (Å²) in [6, 6.07) is 27.5. The Hall–Kier alpha value is -3.98. The fourth-order valence-electron chi connectivity index (χ4n) is 3.34. The van der Waals surface area contributed by atoms with Crippen molar-refractivity contribution in [1.29, 1.82) is 0 Å². The van der Waals surface area contributed by atoms with Gasteiger partial charge in [-0.25, -0.2) is 14.4 Å². The molecule has 37 heavy (non-hydrogen) atoms. The van der Waals surface area contributed by atoms with Crippen LogP contribution in [0.5, 0.6) is 11.5 Å². The summed E-state index contributed by atoms with van der Waals surface area (Å²) < 4.78 is 17.1. The number of carbonyl (C=O) groups is 3. The monoisotopic (exact) mass is 606 g/mol. The molecule has 0 unspecified atom stereocenters. The molecule has 0 saturated carbocycles. The van der Waals surface area contributed by atoms with E-state index in [4.69, 9.17) is 14.2 Å². The molecule has 0 aliphatic heterocycles. The van der Waals surface area contributed by atoms with Gasteiger partial charge in [-0.05, 0) is 108 Å². The van der Waals surface area contributed by atoms with Crippen LogP contribution in [0.2, 0.25) is 0 Å². The Labute approximate surface area is 228 Å². The first-order valence-corrected chi connectivity index (χ1v) is 12.6. The van der Waals surface area contributed by atoms with Gasteiger partial charge < -0.3 is 14.2 Å². The minimum absolute atomic E-state index is 0.185. The third-order valence-electron chi connectivity index (χ3n) is 5.43. The van der Waals surface area contributed by atoms with Crippen LogP contribution < -0.4 is 9.47 Å². The van der Waals surface area contributed by atoms with E-state index in [2.05, 4.69) is 22.6 Å². The first kappa shape index (κ1) is 26.1. The number of ether oxygens (including phenoxy) is 3. The Morgan fingerprint density at radius 1 is 0.595 bits per heavy atom. The van der Waals surface area contributed by atoms with Gasteiger partial charge in [-0.1, -0.05) is 29.8 Å². The van der Waals surface area contributed by atoms with E-state index in [0.717, 1.165) is 14.7 Å². The van der Waals surface area contributed by atoms with Crippen LogP contribution in [0.25, 0.3) is 0 Å². The van der Waals surface area contributed by atoms with Gasteiger partial charge in [0, 0.05) is 9.99 Å². The Morgan fingerprint density at radius 2 is 1.03 bits per heavy atom. The van der Waals surface area contributed by atoms with E-state index in [-0.39, 0.29) is 6.61 Å². The normalized spacial score (nSPS) is 10.4. The highest BCUT2D eigenvalue weighted by Gasteiger charge is 2.12. The average Bonchev–Trinajstić information content (AvgIpc) is 2.90. The lowest BCUT2D eigenvalue weighted by molar-refractivity contribution is 0.0508. The third kappa shape index (κ3) is 7.50. The SMILES string of the molecule is Cc1ccc(C(=O)Oc2ccc(CCOC(=O)c3ccc(OC(=O)c4ccc(I)cc4)cc3)cc2)cc1. The molecule has 7 heteroatoms. The summed E-state index contributed by atoms with van der Waals surface area (Å²) in [7, 11) is 0. The van der Waals surface area contributed by atoms with Crippen molar-refractivity contribution >= 4 is 40.5 Å². The van der Waals surface area contributed by atoms with Crippen LogP contribution in [0.1, 0.15) is 42.2 Å². The van der Waals surface area contributed by atoms with Crippen LogP contribution in [-0.4, -0.2) is 24.5 Å². The van der Waals surface area contributed by atoms with Crippen molar-refractivity contribution < 1.29 is 28.6 Å². The molecule has 0 spiro atoms. The molecule has 4 aromatic rings. The van der Waals surface area contributed by atoms with E-state index >= 15 is 0 Å². The zero-order chi connectivity index (χ0) is 26.2. The smallest absolute Gasteiger partial charge is 0.343 e. The zero-order valence-electron chi connectivity index (χ0n) is 20.0. The van der Waals surface area contributed by atoms with Crippen molar-refractivity contribution in [3.8, 4) is 11.5 Å². The highest BCUT2D eigenvalue weighted by molar-refractivity contribution is 14.1. The molecule has 4 aromatic carbocycles. The second kappa shape index (κ2) is 12.3. The molecule has 0 saturated heterocycles. The molecule has 0 fully saturated rings. The Bertz CT molecular complexity index is 1380. The maximum absolute atomic E-state index is 12.4. The predicted octanol–water partition coefficient (Wildman–Crippen LogP) is 6.44. The molecular formula is C30H23IO6. The molecule has 0 atom stereocenters. The number of carbonyl (C=O) groups excluding carboxylic acids is 3. The first-order chi connectivity index (χ1) is 17.9. The van der Waals surface area contributed by atoms with Crippen LogP contribution in [0.15, 0.2) is 97.1 Å². The summed E-state index contributed by atoms with van der Waals surface area (Å²) >= 11 is 2.16. The summed E-state index contributed by atoms with van der Waals surface area (Å²) in [6.45, 7) is 2.14. The molecule has 0 radical (unpaired) electrons. The Balaban J connectivity index is 1.23. The maximum atomic E-state index is 12.4. The summed E-state index contributed by atoms with van der Waals surface area (Å²) in [6.07, 6.45) is 0.504. The number of halogens is 1. The van der Waals surface area contributed by atoms with Gasteiger partial charge in [0.1, 0.15) is 11.5 Å². The van der Waals surface area contributed by atoms with Crippen molar-refractivity contribution in [2.45, 2.75) is 13.3 Å². The number of hydrogen-bond acceptors (Lipinski definition) is 6. The van der Waals surface area contributed by atoms with E-state index in [1.165, 1.54) is 0 Å². The fraction of sp³-hybridized carbons (Fsp3) is 0.100. The third-order valence-corrected chi connectivity index (χ3v) is 6.14. The van der Waals surface area contributed by atoms with Gasteiger partial charge in [-0.15, -0.1) is 0 Å². The molecule has 4 rings (SSSR count). The molecule has 0 amide bonds. The number of rotatable bonds is 8. The molecule has 0 heterocycles. The van der Waals surface area contributed by atoms with Crippen molar-refractivity contribution in [2.24, 2.45) is 0 Å². The summed E-state index contributed by atoms with van der Waals surface area (Å²) in [5, 5.41) is 0. The topological polar surface area (TPSA) is 78.9 Å². The average molecular weight is 606 g/mol. The van der Waals surface area contributed by atoms with Crippen molar-refractivity contribution in [3.05, 3.63) is 128 Å². The quantitative estimate of drug-likeness (QED) is 0.131. The Kier molecular flexibility index (Phi) is 8.68. The van der Waals surface area contributed by atoms with Gasteiger partial charge in [0.25, 0.3) is 0 Å². The molecule has 0 N–H and O–H groups in total. The molecule has 0 aromatic heterocycles. The van der Waals surface area contributed by atoms with Gasteiger partial charge in [0.2, 0.25) is 0 Å². The molecule has 186 valence electrons. The lowest BCUT2D eigenvalue weighted by Crippen LogP contribution is -2.10. The standard InChI is InChI=1S/C30H23IO6/c1-20-2-6-23(7-3-20)29(33)36-26-14-4-21(5-15-26)18-19-35-28(32)22-10-16-27(17-11-22)37-30(34)24-8-12-25(31)13-9-24/h2-17H,18-19H2,1H3. The van der Waals surface area contributed by atoms with Gasteiger partial charge in [0.05, 0.1) is 23.3 Å². The van der Waals surface area contributed by atoms with Gasteiger partial charge in [0.15, 0.2) is 0 Å². The van der Waals surface area contributed by atoms with Crippen LogP contribution in [0.4, 0.5) is 0 Å². The van der Waals surface area contributed by atoms with E-state index in [0.29, 0.717) is 34.6 Å². The van der Waals surface area contributed by atoms with E-state index < -0.39 is 17.9 Å². The number of esters is 3. The minimum Gasteiger partial charge on any atom is -0.462 e. The van der Waals surface area contributed by atoms with Crippen molar-refractivity contribution in [2.75, 3.05) is 6.61 Å². The van der Waals surface area contributed by atoms with Crippen LogP contribution in [-0.2, 0) is 11.2 Å². The Morgan fingerprint density at radius 3 is 1.57 bits per heavy atom. The first-order valence-electron chi connectivity index (χ1n) is 11.5. The number of aryl methyl sites for hydroxylation is 1. The molecule has 6 nitrogen and oxygen atoms in total. The largest absolute Gasteiger partial charge is 0.462 e. The van der Waals surface area contributed by atoms with Gasteiger partial charge >= 0.3 is 17.9 Å². The fourth-order valence-corrected chi connectivity index (χ4v) is 3.70. The van der Waals surface area contributed by atoms with E-state index in [1.54, 1.807) is 60.7 Å². The molecule has 0 aliphatic carbocycles. The predicted molar refractivity (Wildman–Crippen MR) is 147 cm³/mol. The van der Waals surface area contributed by atoms with Crippen LogP contribution in [0, 0.1) is 10.5 Å². The maximum Gasteiger partial charge on any atom is 0.343 e. The summed E-state index contributed by atoms with van der Waals surface area (Å²) in [5.74, 6) is -0.587. The highest BCUT2D eigenvalue weighted by Crippen LogP contribution is 2.17. The molecular weight excluding hydrogens is 583 g/mol. The van der Waals surface area contributed by atoms with Crippen molar-refractivity contribution in [1.82, 2.24) is 0 Å². The number of hydrogen-bond donors (Lipinski definition) is 0. The van der Waals surface area contributed by atoms with E-state index in [1.807, 2.05) is 43.3 Å². The van der Waals surface area contributed by atoms with Crippen LogP contribution >= 0.6 is 22.6 Å². The van der Waals surface area contributed by atoms with Gasteiger partial charge in [-0.3, -0.25) is 0 Å². The highest BCUT2D eigenvalue weighted by atomic mass is 127. The number of benzene rings is 4. The van der Waals surface area contributed by atoms with E-state index in [9.17, 15) is 14.4 Å². The zero-order valence-corrected chi connectivity index (χ0v) is 22.1. The second-order valence-corrected chi connectivity index (χ2v) is 9.45. The molecule has 0 aliphatic rings. The summed E-state index contributed by atoms with van der Waals surface area (Å²) in [5.41, 5.74) is 3.28.